The van der Waals surface area contributed by atoms with Crippen LogP contribution in [0.4, 0.5) is 0 Å². The Labute approximate surface area is 140 Å². The van der Waals surface area contributed by atoms with Crippen molar-refractivity contribution in [1.82, 2.24) is 0 Å². The van der Waals surface area contributed by atoms with Gasteiger partial charge in [0, 0.05) is 0 Å². The van der Waals surface area contributed by atoms with Gasteiger partial charge in [-0.3, -0.25) is 0 Å². The van der Waals surface area contributed by atoms with Crippen LogP contribution in [-0.2, 0) is 9.09 Å². The minimum Gasteiger partial charge on any atom is -0.790 e. The first-order valence-corrected chi connectivity index (χ1v) is 9.12. The maximum atomic E-state index is 10.5. The van der Waals surface area contributed by atoms with E-state index in [1.807, 2.05) is 0 Å². The summed E-state index contributed by atoms with van der Waals surface area (Å²) in [5, 5.41) is 0. The summed E-state index contributed by atoms with van der Waals surface area (Å²) in [5.74, 6) is 0.213. The number of phosphoric acid groups is 1. The van der Waals surface area contributed by atoms with Gasteiger partial charge >= 0.3 is 23.1 Å². The Bertz CT molecular complexity index is 233. The van der Waals surface area contributed by atoms with Crippen LogP contribution in [0.3, 0.4) is 0 Å². The number of hydrogen-bond donors (Lipinski definition) is 0. The van der Waals surface area contributed by atoms with Crippen molar-refractivity contribution >= 4 is 30.9 Å². The molecule has 0 heterocycles. The minimum absolute atomic E-state index is 0. The average Bonchev–Trinajstić information content (AvgIpc) is 2.34. The zero-order valence-corrected chi connectivity index (χ0v) is 15.5. The van der Waals surface area contributed by atoms with Gasteiger partial charge in [-0.1, -0.05) is 65.2 Å². The number of hydrogen-bond acceptors (Lipinski definition) is 4. The van der Waals surface area contributed by atoms with Crippen molar-refractivity contribution in [2.45, 2.75) is 78.1 Å². The summed E-state index contributed by atoms with van der Waals surface area (Å²) in [7, 11) is -4.81. The quantitative estimate of drug-likeness (QED) is 0.297. The molecule has 0 atom stereocenters. The molecule has 0 bridgehead atoms. The van der Waals surface area contributed by atoms with E-state index < -0.39 is 7.82 Å². The van der Waals surface area contributed by atoms with E-state index in [4.69, 9.17) is 0 Å². The van der Waals surface area contributed by atoms with Gasteiger partial charge < -0.3 is 18.9 Å². The number of phosphoric ester groups is 1. The second kappa shape index (κ2) is 14.8. The Hall–Kier alpha value is 0.876. The first-order chi connectivity index (χ1) is 8.99. The fourth-order valence-corrected chi connectivity index (χ4v) is 2.62. The average molecular weight is 317 g/mol. The topological polar surface area (TPSA) is 72.4 Å². The molecule has 0 saturated carbocycles. The normalized spacial score (nSPS) is 11.7. The van der Waals surface area contributed by atoms with Gasteiger partial charge in [0.2, 0.25) is 0 Å². The monoisotopic (exact) mass is 316 g/mol. The molecule has 0 saturated heterocycles. The maximum Gasteiger partial charge on any atom is 2.00 e. The van der Waals surface area contributed by atoms with Crippen LogP contribution in [0.1, 0.15) is 78.1 Å². The van der Waals surface area contributed by atoms with Crippen molar-refractivity contribution < 1.29 is 18.9 Å². The predicted molar refractivity (Wildman–Crippen MR) is 80.3 cm³/mol. The SMILES string of the molecule is CCCCCCC(CCCCCC)COP(=O)([O-])[O-].[Mg+2]. The van der Waals surface area contributed by atoms with Gasteiger partial charge in [-0.15, -0.1) is 0 Å². The van der Waals surface area contributed by atoms with E-state index in [1.54, 1.807) is 0 Å². The number of unbranched alkanes of at least 4 members (excludes halogenated alkanes) is 6. The third-order valence-electron chi connectivity index (χ3n) is 3.40. The molecule has 0 aromatic carbocycles. The van der Waals surface area contributed by atoms with Crippen LogP contribution in [-0.4, -0.2) is 29.7 Å². The van der Waals surface area contributed by atoms with Gasteiger partial charge in [0.15, 0.2) is 0 Å². The van der Waals surface area contributed by atoms with Gasteiger partial charge in [-0.05, 0) is 18.8 Å². The zero-order chi connectivity index (χ0) is 14.6. The molecule has 6 heteroatoms. The Morgan fingerprint density at radius 3 is 1.70 bits per heavy atom. The minimum atomic E-state index is -4.81. The molecule has 116 valence electrons. The second-order valence-corrected chi connectivity index (χ2v) is 6.46. The van der Waals surface area contributed by atoms with Crippen LogP contribution in [0.2, 0.25) is 0 Å². The second-order valence-electron chi connectivity index (χ2n) is 5.31. The first-order valence-electron chi connectivity index (χ1n) is 7.66. The maximum absolute atomic E-state index is 10.5. The Kier molecular flexibility index (Phi) is 17.1. The van der Waals surface area contributed by atoms with E-state index >= 15 is 0 Å². The molecule has 0 radical (unpaired) electrons. The van der Waals surface area contributed by atoms with Crippen LogP contribution >= 0.6 is 7.82 Å². The standard InChI is InChI=1S/C14H31O4P.Mg/c1-3-5-7-9-11-14(12-10-8-6-4-2)13-18-19(15,16)17;/h14H,3-13H2,1-2H3,(H2,15,16,17);/q;+2/p-2. The molecular weight excluding hydrogens is 287 g/mol. The Morgan fingerprint density at radius 2 is 1.35 bits per heavy atom. The van der Waals surface area contributed by atoms with E-state index in [9.17, 15) is 14.4 Å². The first kappa shape index (κ1) is 23.1. The van der Waals surface area contributed by atoms with Crippen molar-refractivity contribution in [3.05, 3.63) is 0 Å². The zero-order valence-electron chi connectivity index (χ0n) is 13.1. The molecule has 0 rings (SSSR count). The van der Waals surface area contributed by atoms with E-state index in [0.29, 0.717) is 0 Å². The molecular formula is C14H29MgO4P. The summed E-state index contributed by atoms with van der Waals surface area (Å²) in [6.07, 6.45) is 11.3. The smallest absolute Gasteiger partial charge is 0.790 e. The van der Waals surface area contributed by atoms with Gasteiger partial charge in [0.1, 0.15) is 0 Å². The third-order valence-corrected chi connectivity index (χ3v) is 3.87. The largest absolute Gasteiger partial charge is 2.00 e. The molecule has 0 fully saturated rings. The van der Waals surface area contributed by atoms with Crippen molar-refractivity contribution in [3.63, 3.8) is 0 Å². The molecule has 4 nitrogen and oxygen atoms in total. The summed E-state index contributed by atoms with van der Waals surface area (Å²) >= 11 is 0. The van der Waals surface area contributed by atoms with Crippen LogP contribution < -0.4 is 9.79 Å². The van der Waals surface area contributed by atoms with Gasteiger partial charge in [-0.25, -0.2) is 0 Å². The van der Waals surface area contributed by atoms with Crippen molar-refractivity contribution in [2.75, 3.05) is 6.61 Å². The molecule has 0 amide bonds. The predicted octanol–water partition coefficient (Wildman–Crippen LogP) is 3.01. The summed E-state index contributed by atoms with van der Waals surface area (Å²) in [5.41, 5.74) is 0. The van der Waals surface area contributed by atoms with Crippen molar-refractivity contribution in [1.29, 1.82) is 0 Å². The number of rotatable bonds is 13. The van der Waals surface area contributed by atoms with Crippen LogP contribution in [0.15, 0.2) is 0 Å². The van der Waals surface area contributed by atoms with E-state index in [2.05, 4.69) is 18.4 Å². The van der Waals surface area contributed by atoms with Crippen LogP contribution in [0.25, 0.3) is 0 Å². The van der Waals surface area contributed by atoms with E-state index in [0.717, 1.165) is 25.7 Å². The van der Waals surface area contributed by atoms with Crippen molar-refractivity contribution in [3.8, 4) is 0 Å². The molecule has 0 aliphatic carbocycles. The van der Waals surface area contributed by atoms with Gasteiger partial charge in [-0.2, -0.15) is 0 Å². The molecule has 0 aliphatic rings. The van der Waals surface area contributed by atoms with E-state index in [-0.39, 0.29) is 35.6 Å². The Morgan fingerprint density at radius 1 is 0.900 bits per heavy atom. The summed E-state index contributed by atoms with van der Waals surface area (Å²) in [4.78, 5) is 21.1. The van der Waals surface area contributed by atoms with Crippen LogP contribution in [0.5, 0.6) is 0 Å². The molecule has 20 heavy (non-hydrogen) atoms. The summed E-state index contributed by atoms with van der Waals surface area (Å²) in [6, 6.07) is 0. The molecule has 0 aromatic rings. The summed E-state index contributed by atoms with van der Waals surface area (Å²) in [6.45, 7) is 4.40. The van der Waals surface area contributed by atoms with Crippen LogP contribution in [0, 0.1) is 5.92 Å². The molecule has 0 spiro atoms. The molecule has 0 aromatic heterocycles. The fraction of sp³-hybridized carbons (Fsp3) is 1.00. The molecule has 0 unspecified atom stereocenters. The fourth-order valence-electron chi connectivity index (χ4n) is 2.23. The molecule has 0 N–H and O–H groups in total. The van der Waals surface area contributed by atoms with Gasteiger partial charge in [0.05, 0.1) is 14.4 Å². The Balaban J connectivity index is 0. The van der Waals surface area contributed by atoms with Crippen molar-refractivity contribution in [2.24, 2.45) is 5.92 Å². The van der Waals surface area contributed by atoms with Gasteiger partial charge in [0.25, 0.3) is 0 Å². The molecule has 0 aliphatic heterocycles. The summed E-state index contributed by atoms with van der Waals surface area (Å²) < 4.78 is 15.0. The van der Waals surface area contributed by atoms with E-state index in [1.165, 1.54) is 38.5 Å². The third kappa shape index (κ3) is 16.9.